The minimum atomic E-state index is -0.434. The first kappa shape index (κ1) is 16.7. The van der Waals surface area contributed by atoms with E-state index in [0.717, 1.165) is 22.5 Å². The molecule has 0 saturated heterocycles. The molecule has 0 bridgehead atoms. The minimum absolute atomic E-state index is 0.0937. The van der Waals surface area contributed by atoms with Crippen LogP contribution >= 0.6 is 0 Å². The lowest BCUT2D eigenvalue weighted by atomic mass is 9.58. The van der Waals surface area contributed by atoms with Crippen molar-refractivity contribution < 1.29 is 18.7 Å². The number of aryl methyl sites for hydroxylation is 1. The van der Waals surface area contributed by atoms with Crippen LogP contribution in [0.5, 0.6) is 0 Å². The van der Waals surface area contributed by atoms with Crippen LogP contribution in [-0.2, 0) is 20.7 Å². The quantitative estimate of drug-likeness (QED) is 0.602. The van der Waals surface area contributed by atoms with Crippen molar-refractivity contribution in [1.29, 1.82) is 0 Å². The third kappa shape index (κ3) is 2.36. The zero-order valence-electron chi connectivity index (χ0n) is 14.9. The van der Waals surface area contributed by atoms with E-state index in [1.54, 1.807) is 25.3 Å². The average molecular weight is 328 g/mol. The van der Waals surface area contributed by atoms with E-state index in [1.807, 2.05) is 13.8 Å². The molecule has 1 aromatic heterocycles. The summed E-state index contributed by atoms with van der Waals surface area (Å²) >= 11 is 0. The fourth-order valence-corrected chi connectivity index (χ4v) is 3.88. The largest absolute Gasteiger partial charge is 0.468 e. The van der Waals surface area contributed by atoms with E-state index < -0.39 is 6.10 Å². The van der Waals surface area contributed by atoms with Gasteiger partial charge in [0.15, 0.2) is 5.78 Å². The third-order valence-corrected chi connectivity index (χ3v) is 5.80. The number of hydrogen-bond donors (Lipinski definition) is 0. The zero-order valence-corrected chi connectivity index (χ0v) is 14.9. The van der Waals surface area contributed by atoms with Gasteiger partial charge < -0.3 is 9.15 Å². The summed E-state index contributed by atoms with van der Waals surface area (Å²) in [5.74, 6) is 0.710. The zero-order chi connectivity index (χ0) is 17.6. The molecule has 0 aliphatic heterocycles. The number of hydrogen-bond acceptors (Lipinski definition) is 4. The van der Waals surface area contributed by atoms with Crippen LogP contribution in [0.3, 0.4) is 0 Å². The molecule has 0 unspecified atom stereocenters. The smallest absolute Gasteiger partial charge is 0.334 e. The number of esters is 1. The van der Waals surface area contributed by atoms with Crippen molar-refractivity contribution in [1.82, 2.24) is 0 Å². The Morgan fingerprint density at radius 2 is 2.17 bits per heavy atom. The topological polar surface area (TPSA) is 56.5 Å². The predicted molar refractivity (Wildman–Crippen MR) is 90.4 cm³/mol. The van der Waals surface area contributed by atoms with Gasteiger partial charge in [-0.1, -0.05) is 19.9 Å². The van der Waals surface area contributed by atoms with Gasteiger partial charge in [0.1, 0.15) is 11.9 Å². The summed E-state index contributed by atoms with van der Waals surface area (Å²) in [6, 6.07) is 0. The highest BCUT2D eigenvalue weighted by molar-refractivity contribution is 5.92. The summed E-state index contributed by atoms with van der Waals surface area (Å²) in [4.78, 5) is 24.5. The van der Waals surface area contributed by atoms with Crippen molar-refractivity contribution in [3.05, 3.63) is 46.4 Å². The van der Waals surface area contributed by atoms with Crippen molar-refractivity contribution >= 4 is 11.8 Å². The molecule has 3 rings (SSSR count). The standard InChI is InChI=1S/C20H24O4/c1-6-11(2)19(22)24-18-17-12(3)10-23-16(17)9-14-8-15(21)7-13(4)20(14,18)5/h6,8,10,13,18H,7,9H2,1-5H3/t13-,18+,20+/m0/s1. The molecule has 4 heteroatoms. The Morgan fingerprint density at radius 1 is 1.46 bits per heavy atom. The van der Waals surface area contributed by atoms with Crippen LogP contribution in [0.25, 0.3) is 0 Å². The van der Waals surface area contributed by atoms with Crippen LogP contribution in [-0.4, -0.2) is 11.8 Å². The van der Waals surface area contributed by atoms with Crippen molar-refractivity contribution in [2.75, 3.05) is 0 Å². The van der Waals surface area contributed by atoms with Crippen molar-refractivity contribution in [2.45, 2.75) is 53.6 Å². The number of carbonyl (C=O) groups excluding carboxylic acids is 2. The molecule has 0 saturated carbocycles. The molecule has 2 aliphatic carbocycles. The lowest BCUT2D eigenvalue weighted by molar-refractivity contribution is -0.153. The molecule has 0 amide bonds. The molecule has 0 radical (unpaired) electrons. The normalized spacial score (nSPS) is 29.6. The van der Waals surface area contributed by atoms with Crippen LogP contribution < -0.4 is 0 Å². The van der Waals surface area contributed by atoms with Gasteiger partial charge in [0.25, 0.3) is 0 Å². The molecule has 0 N–H and O–H groups in total. The highest BCUT2D eigenvalue weighted by atomic mass is 16.5. The Balaban J connectivity index is 2.14. The highest BCUT2D eigenvalue weighted by Gasteiger charge is 2.52. The lowest BCUT2D eigenvalue weighted by Gasteiger charge is -2.48. The molecule has 0 spiro atoms. The summed E-state index contributed by atoms with van der Waals surface area (Å²) in [6.45, 7) is 9.72. The number of ether oxygens (including phenoxy) is 1. The van der Waals surface area contributed by atoms with E-state index in [-0.39, 0.29) is 23.1 Å². The van der Waals surface area contributed by atoms with Gasteiger partial charge in [0.2, 0.25) is 0 Å². The van der Waals surface area contributed by atoms with E-state index in [9.17, 15) is 9.59 Å². The first-order chi connectivity index (χ1) is 11.3. The van der Waals surface area contributed by atoms with Crippen molar-refractivity contribution in [3.8, 4) is 0 Å². The molecule has 128 valence electrons. The molecule has 1 heterocycles. The molecule has 3 atom stereocenters. The molecule has 24 heavy (non-hydrogen) atoms. The van der Waals surface area contributed by atoms with Gasteiger partial charge >= 0.3 is 5.97 Å². The van der Waals surface area contributed by atoms with Crippen LogP contribution in [0.4, 0.5) is 0 Å². The molecule has 0 aromatic carbocycles. The van der Waals surface area contributed by atoms with E-state index in [0.29, 0.717) is 18.4 Å². The average Bonchev–Trinajstić information content (AvgIpc) is 2.89. The maximum absolute atomic E-state index is 12.5. The fraction of sp³-hybridized carbons (Fsp3) is 0.500. The van der Waals surface area contributed by atoms with E-state index in [1.165, 1.54) is 0 Å². The lowest BCUT2D eigenvalue weighted by Crippen LogP contribution is -2.44. The van der Waals surface area contributed by atoms with Gasteiger partial charge in [0.05, 0.1) is 6.26 Å². The first-order valence-corrected chi connectivity index (χ1v) is 8.43. The maximum Gasteiger partial charge on any atom is 0.334 e. The molecule has 1 aromatic rings. The monoisotopic (exact) mass is 328 g/mol. The molecular weight excluding hydrogens is 304 g/mol. The van der Waals surface area contributed by atoms with Gasteiger partial charge in [-0.25, -0.2) is 4.79 Å². The highest BCUT2D eigenvalue weighted by Crippen LogP contribution is 2.57. The Hall–Kier alpha value is -2.10. The number of carbonyl (C=O) groups is 2. The van der Waals surface area contributed by atoms with Gasteiger partial charge in [0, 0.05) is 29.4 Å². The molecule has 0 fully saturated rings. The van der Waals surface area contributed by atoms with E-state index in [4.69, 9.17) is 9.15 Å². The number of furan rings is 1. The van der Waals surface area contributed by atoms with Gasteiger partial charge in [-0.3, -0.25) is 4.79 Å². The van der Waals surface area contributed by atoms with E-state index in [2.05, 4.69) is 13.8 Å². The van der Waals surface area contributed by atoms with Crippen LogP contribution in [0.2, 0.25) is 0 Å². The number of ketones is 1. The summed E-state index contributed by atoms with van der Waals surface area (Å²) in [6.07, 6.45) is 5.83. The summed E-state index contributed by atoms with van der Waals surface area (Å²) < 4.78 is 11.7. The molecular formula is C20H24O4. The fourth-order valence-electron chi connectivity index (χ4n) is 3.88. The Labute approximate surface area is 142 Å². The van der Waals surface area contributed by atoms with Crippen molar-refractivity contribution in [2.24, 2.45) is 11.3 Å². The number of fused-ring (bicyclic) bond motifs is 2. The minimum Gasteiger partial charge on any atom is -0.468 e. The number of allylic oxidation sites excluding steroid dienone is 2. The SMILES string of the molecule is CC=C(C)C(=O)O[C@@H]1c2c(C)coc2CC2=CC(=O)C[C@H](C)[C@]21C. The van der Waals surface area contributed by atoms with Crippen LogP contribution in [0, 0.1) is 18.3 Å². The Kier molecular flexibility index (Phi) is 4.02. The third-order valence-electron chi connectivity index (χ3n) is 5.80. The summed E-state index contributed by atoms with van der Waals surface area (Å²) in [5, 5.41) is 0. The Morgan fingerprint density at radius 3 is 2.83 bits per heavy atom. The predicted octanol–water partition coefficient (Wildman–Crippen LogP) is 4.24. The van der Waals surface area contributed by atoms with Gasteiger partial charge in [-0.15, -0.1) is 0 Å². The Bertz CT molecular complexity index is 765. The molecule has 2 aliphatic rings. The second-order valence-corrected chi connectivity index (χ2v) is 7.21. The number of rotatable bonds is 2. The second kappa shape index (κ2) is 5.76. The summed E-state index contributed by atoms with van der Waals surface area (Å²) in [5.41, 5.74) is 3.15. The van der Waals surface area contributed by atoms with Gasteiger partial charge in [-0.05, 0) is 43.9 Å². The second-order valence-electron chi connectivity index (χ2n) is 7.21. The molecule has 4 nitrogen and oxygen atoms in total. The first-order valence-electron chi connectivity index (χ1n) is 8.43. The van der Waals surface area contributed by atoms with Gasteiger partial charge in [-0.2, -0.15) is 0 Å². The van der Waals surface area contributed by atoms with E-state index >= 15 is 0 Å². The van der Waals surface area contributed by atoms with Crippen molar-refractivity contribution in [3.63, 3.8) is 0 Å². The summed E-state index contributed by atoms with van der Waals surface area (Å²) in [7, 11) is 0. The maximum atomic E-state index is 12.5. The van der Waals surface area contributed by atoms with Crippen LogP contribution in [0.1, 0.15) is 57.1 Å². The van der Waals surface area contributed by atoms with Crippen LogP contribution in [0.15, 0.2) is 34.0 Å².